The third-order valence-electron chi connectivity index (χ3n) is 3.24. The lowest BCUT2D eigenvalue weighted by Gasteiger charge is -2.25. The van der Waals surface area contributed by atoms with Crippen LogP contribution < -0.4 is 5.73 Å². The molecule has 0 heterocycles. The Hall–Kier alpha value is -1.46. The molecule has 1 aromatic carbocycles. The Morgan fingerprint density at radius 3 is 2.55 bits per heavy atom. The fourth-order valence-corrected chi connectivity index (χ4v) is 1.95. The average Bonchev–Trinajstić information content (AvgIpc) is 2.37. The van der Waals surface area contributed by atoms with Crippen LogP contribution in [0.3, 0.4) is 0 Å². The highest BCUT2D eigenvalue weighted by molar-refractivity contribution is 7.80. The molecule has 0 aliphatic carbocycles. The number of nitrogens with two attached hydrogens (primary N) is 1. The predicted octanol–water partition coefficient (Wildman–Crippen LogP) is 1.62. The zero-order chi connectivity index (χ0) is 15.3. The number of nitrogens with zero attached hydrogens (tertiary/aromatic N) is 2. The highest BCUT2D eigenvalue weighted by Crippen LogP contribution is 2.08. The summed E-state index contributed by atoms with van der Waals surface area (Å²) < 4.78 is 0. The minimum absolute atomic E-state index is 0.119. The zero-order valence-electron chi connectivity index (χ0n) is 12.6. The van der Waals surface area contributed by atoms with Gasteiger partial charge in [0.05, 0.1) is 6.54 Å². The van der Waals surface area contributed by atoms with E-state index in [0.29, 0.717) is 18.1 Å². The molecule has 110 valence electrons. The smallest absolute Gasteiger partial charge is 0.236 e. The Kier molecular flexibility index (Phi) is 6.10. The van der Waals surface area contributed by atoms with Gasteiger partial charge in [-0.1, -0.05) is 30.4 Å². The molecule has 0 bridgehead atoms. The first-order chi connectivity index (χ1) is 9.31. The maximum absolute atomic E-state index is 12.0. The molecule has 0 fully saturated rings. The number of thiocarbonyl (C=S) groups is 1. The van der Waals surface area contributed by atoms with Crippen molar-refractivity contribution >= 4 is 23.1 Å². The van der Waals surface area contributed by atoms with Gasteiger partial charge >= 0.3 is 0 Å². The lowest BCUT2D eigenvalue weighted by molar-refractivity contribution is -0.132. The molecule has 2 N–H and O–H groups in total. The molecule has 4 nitrogen and oxygen atoms in total. The van der Waals surface area contributed by atoms with Gasteiger partial charge in [-0.3, -0.25) is 9.69 Å². The molecule has 0 saturated carbocycles. The number of likely N-dealkylation sites (N-methyl/N-ethyl adjacent to an activating group) is 2. The van der Waals surface area contributed by atoms with Crippen molar-refractivity contribution in [2.24, 2.45) is 5.73 Å². The molecule has 1 amide bonds. The van der Waals surface area contributed by atoms with E-state index in [1.54, 1.807) is 4.90 Å². The van der Waals surface area contributed by atoms with Gasteiger partial charge in [-0.05, 0) is 32.5 Å². The molecule has 0 saturated heterocycles. The molecule has 0 unspecified atom stereocenters. The fourth-order valence-electron chi connectivity index (χ4n) is 1.82. The number of amides is 1. The summed E-state index contributed by atoms with van der Waals surface area (Å²) in [5.74, 6) is 0.119. The van der Waals surface area contributed by atoms with Crippen molar-refractivity contribution in [3.63, 3.8) is 0 Å². The molecular weight excluding hydrogens is 270 g/mol. The first kappa shape index (κ1) is 16.6. The van der Waals surface area contributed by atoms with Crippen molar-refractivity contribution in [3.05, 3.63) is 35.4 Å². The van der Waals surface area contributed by atoms with Crippen LogP contribution in [-0.2, 0) is 11.3 Å². The summed E-state index contributed by atoms with van der Waals surface area (Å²) in [4.78, 5) is 16.1. The summed E-state index contributed by atoms with van der Waals surface area (Å²) in [5.41, 5.74) is 7.58. The van der Waals surface area contributed by atoms with E-state index in [4.69, 9.17) is 18.0 Å². The number of carbonyl (C=O) groups excluding carboxylic acids is 1. The molecule has 0 spiro atoms. The van der Waals surface area contributed by atoms with Crippen molar-refractivity contribution in [2.45, 2.75) is 26.4 Å². The van der Waals surface area contributed by atoms with E-state index in [-0.39, 0.29) is 11.9 Å². The Morgan fingerprint density at radius 2 is 2.00 bits per heavy atom. The maximum Gasteiger partial charge on any atom is 0.236 e. The van der Waals surface area contributed by atoms with Gasteiger partial charge in [0.25, 0.3) is 0 Å². The Labute approximate surface area is 126 Å². The van der Waals surface area contributed by atoms with Crippen molar-refractivity contribution in [2.75, 3.05) is 20.6 Å². The van der Waals surface area contributed by atoms with Gasteiger partial charge in [-0.2, -0.15) is 0 Å². The molecule has 0 atom stereocenters. The van der Waals surface area contributed by atoms with E-state index in [0.717, 1.165) is 11.1 Å². The van der Waals surface area contributed by atoms with Crippen molar-refractivity contribution in [1.82, 2.24) is 9.80 Å². The maximum atomic E-state index is 12.0. The minimum atomic E-state index is 0.119. The van der Waals surface area contributed by atoms with Gasteiger partial charge in [-0.25, -0.2) is 0 Å². The van der Waals surface area contributed by atoms with E-state index in [1.807, 2.05) is 57.1 Å². The highest BCUT2D eigenvalue weighted by Gasteiger charge is 2.14. The second-order valence-corrected chi connectivity index (χ2v) is 5.78. The van der Waals surface area contributed by atoms with Crippen LogP contribution in [0.4, 0.5) is 0 Å². The number of hydrogen-bond acceptors (Lipinski definition) is 3. The molecule has 0 aromatic heterocycles. The number of rotatable bonds is 6. The van der Waals surface area contributed by atoms with Crippen LogP contribution in [0.2, 0.25) is 0 Å². The largest absolute Gasteiger partial charge is 0.389 e. The third-order valence-corrected chi connectivity index (χ3v) is 3.47. The summed E-state index contributed by atoms with van der Waals surface area (Å²) in [6.45, 7) is 5.09. The number of carbonyl (C=O) groups is 1. The zero-order valence-corrected chi connectivity index (χ0v) is 13.4. The van der Waals surface area contributed by atoms with E-state index < -0.39 is 0 Å². The Morgan fingerprint density at radius 1 is 1.35 bits per heavy atom. The lowest BCUT2D eigenvalue weighted by Crippen LogP contribution is -2.39. The van der Waals surface area contributed by atoms with Gasteiger partial charge in [0.1, 0.15) is 4.99 Å². The van der Waals surface area contributed by atoms with Gasteiger partial charge in [0.2, 0.25) is 5.91 Å². The molecule has 5 heteroatoms. The van der Waals surface area contributed by atoms with E-state index in [2.05, 4.69) is 0 Å². The summed E-state index contributed by atoms with van der Waals surface area (Å²) >= 11 is 4.97. The van der Waals surface area contributed by atoms with E-state index in [9.17, 15) is 4.79 Å². The van der Waals surface area contributed by atoms with Crippen LogP contribution >= 0.6 is 12.2 Å². The van der Waals surface area contributed by atoms with E-state index in [1.165, 1.54) is 0 Å². The molecule has 0 radical (unpaired) electrons. The highest BCUT2D eigenvalue weighted by atomic mass is 32.1. The van der Waals surface area contributed by atoms with Gasteiger partial charge < -0.3 is 10.6 Å². The van der Waals surface area contributed by atoms with Gasteiger partial charge in [-0.15, -0.1) is 0 Å². The second-order valence-electron chi connectivity index (χ2n) is 5.34. The Balaban J connectivity index is 2.62. The third kappa shape index (κ3) is 4.90. The summed E-state index contributed by atoms with van der Waals surface area (Å²) in [6, 6.07) is 8.02. The lowest BCUT2D eigenvalue weighted by atomic mass is 10.1. The monoisotopic (exact) mass is 293 g/mol. The second kappa shape index (κ2) is 7.36. The SMILES string of the molecule is CC(C)N(C)C(=O)CN(C)Cc1cccc(C(N)=S)c1. The summed E-state index contributed by atoms with van der Waals surface area (Å²) in [5, 5.41) is 0. The van der Waals surface area contributed by atoms with Crippen LogP contribution in [-0.4, -0.2) is 47.4 Å². The molecule has 0 aliphatic heterocycles. The quantitative estimate of drug-likeness (QED) is 0.810. The molecule has 0 aliphatic rings. The van der Waals surface area contributed by atoms with Crippen molar-refractivity contribution in [3.8, 4) is 0 Å². The van der Waals surface area contributed by atoms with Crippen LogP contribution in [0.25, 0.3) is 0 Å². The fraction of sp³-hybridized carbons (Fsp3) is 0.467. The first-order valence-corrected chi connectivity index (χ1v) is 7.05. The minimum Gasteiger partial charge on any atom is -0.389 e. The molecule has 20 heavy (non-hydrogen) atoms. The van der Waals surface area contributed by atoms with Crippen LogP contribution in [0.15, 0.2) is 24.3 Å². The molecular formula is C15H23N3OS. The summed E-state index contributed by atoms with van der Waals surface area (Å²) in [7, 11) is 3.76. The number of benzene rings is 1. The van der Waals surface area contributed by atoms with Gasteiger partial charge in [0, 0.05) is 25.2 Å². The topological polar surface area (TPSA) is 49.6 Å². The number of hydrogen-bond donors (Lipinski definition) is 1. The van der Waals surface area contributed by atoms with Crippen LogP contribution in [0, 0.1) is 0 Å². The standard InChI is InChI=1S/C15H23N3OS/c1-11(2)18(4)14(19)10-17(3)9-12-6-5-7-13(8-12)15(16)20/h5-8,11H,9-10H2,1-4H3,(H2,16,20). The summed E-state index contributed by atoms with van der Waals surface area (Å²) in [6.07, 6.45) is 0. The normalized spacial score (nSPS) is 10.9. The van der Waals surface area contributed by atoms with Crippen LogP contribution in [0.1, 0.15) is 25.0 Å². The van der Waals surface area contributed by atoms with Crippen molar-refractivity contribution < 1.29 is 4.79 Å². The van der Waals surface area contributed by atoms with Gasteiger partial charge in [0.15, 0.2) is 0 Å². The van der Waals surface area contributed by atoms with E-state index >= 15 is 0 Å². The van der Waals surface area contributed by atoms with Crippen LogP contribution in [0.5, 0.6) is 0 Å². The van der Waals surface area contributed by atoms with Crippen molar-refractivity contribution in [1.29, 1.82) is 0 Å². The molecule has 1 aromatic rings. The average molecular weight is 293 g/mol. The Bertz CT molecular complexity index is 488. The molecule has 1 rings (SSSR count). The predicted molar refractivity (Wildman–Crippen MR) is 86.6 cm³/mol. The first-order valence-electron chi connectivity index (χ1n) is 6.64.